The molecule has 1 aliphatic carbocycles. The predicted molar refractivity (Wildman–Crippen MR) is 46.8 cm³/mol. The van der Waals surface area contributed by atoms with E-state index in [4.69, 9.17) is 10.5 Å². The largest absolute Gasteiger partial charge is 0.385 e. The number of hydrogen-bond acceptors (Lipinski definition) is 3. The van der Waals surface area contributed by atoms with E-state index >= 15 is 0 Å². The Morgan fingerprint density at radius 2 is 2.33 bits per heavy atom. The van der Waals surface area contributed by atoms with Crippen LogP contribution in [-0.4, -0.2) is 25.5 Å². The van der Waals surface area contributed by atoms with Crippen molar-refractivity contribution < 1.29 is 9.53 Å². The maximum atomic E-state index is 11.3. The second kappa shape index (κ2) is 4.58. The molecule has 3 heteroatoms. The zero-order chi connectivity index (χ0) is 8.97. The van der Waals surface area contributed by atoms with Gasteiger partial charge < -0.3 is 10.5 Å². The number of carbonyl (C=O) groups is 1. The maximum absolute atomic E-state index is 11.3. The summed E-state index contributed by atoms with van der Waals surface area (Å²) < 4.78 is 4.88. The first kappa shape index (κ1) is 9.68. The van der Waals surface area contributed by atoms with E-state index in [2.05, 4.69) is 0 Å². The molecule has 0 amide bonds. The molecule has 1 fully saturated rings. The molecule has 1 aliphatic rings. The van der Waals surface area contributed by atoms with E-state index in [1.807, 2.05) is 0 Å². The number of methoxy groups -OCH3 is 1. The lowest BCUT2D eigenvalue weighted by molar-refractivity contribution is -0.121. The second-order valence-electron chi connectivity index (χ2n) is 3.42. The minimum atomic E-state index is -0.243. The normalized spacial score (nSPS) is 19.2. The van der Waals surface area contributed by atoms with Crippen LogP contribution < -0.4 is 5.73 Å². The first-order valence-electron chi connectivity index (χ1n) is 4.54. The molecule has 1 saturated carbocycles. The van der Waals surface area contributed by atoms with Crippen LogP contribution in [-0.2, 0) is 9.53 Å². The Bertz CT molecular complexity index is 155. The van der Waals surface area contributed by atoms with Crippen LogP contribution in [0, 0.1) is 5.92 Å². The number of ketones is 1. The van der Waals surface area contributed by atoms with Crippen molar-refractivity contribution in [3.8, 4) is 0 Å². The molecule has 0 aliphatic heterocycles. The molecule has 0 bridgehead atoms. The lowest BCUT2D eigenvalue weighted by Crippen LogP contribution is -2.31. The van der Waals surface area contributed by atoms with Gasteiger partial charge in [0.1, 0.15) is 0 Å². The summed E-state index contributed by atoms with van der Waals surface area (Å²) in [6.45, 7) is 0.700. The maximum Gasteiger partial charge on any atom is 0.152 e. The molecule has 0 aromatic rings. The van der Waals surface area contributed by atoms with Crippen LogP contribution in [0.4, 0.5) is 0 Å². The van der Waals surface area contributed by atoms with Crippen LogP contribution in [0.5, 0.6) is 0 Å². The molecule has 3 nitrogen and oxygen atoms in total. The molecule has 0 spiro atoms. The van der Waals surface area contributed by atoms with Gasteiger partial charge in [-0.2, -0.15) is 0 Å². The van der Waals surface area contributed by atoms with Crippen LogP contribution in [0.25, 0.3) is 0 Å². The van der Waals surface area contributed by atoms with E-state index in [1.54, 1.807) is 7.11 Å². The van der Waals surface area contributed by atoms with Gasteiger partial charge in [0.05, 0.1) is 6.04 Å². The van der Waals surface area contributed by atoms with Crippen molar-refractivity contribution in [3.05, 3.63) is 0 Å². The third kappa shape index (κ3) is 2.91. The SMILES string of the molecule is COCCCC(N)C(=O)C1CC1. The Morgan fingerprint density at radius 3 is 2.83 bits per heavy atom. The number of rotatable bonds is 6. The zero-order valence-corrected chi connectivity index (χ0v) is 7.58. The zero-order valence-electron chi connectivity index (χ0n) is 7.58. The van der Waals surface area contributed by atoms with Gasteiger partial charge >= 0.3 is 0 Å². The van der Waals surface area contributed by atoms with E-state index in [0.717, 1.165) is 25.7 Å². The highest BCUT2D eigenvalue weighted by molar-refractivity contribution is 5.87. The molecular formula is C9H17NO2. The van der Waals surface area contributed by atoms with Crippen molar-refractivity contribution in [1.82, 2.24) is 0 Å². The summed E-state index contributed by atoms with van der Waals surface area (Å²) in [6, 6.07) is -0.243. The fourth-order valence-corrected chi connectivity index (χ4v) is 1.26. The highest BCUT2D eigenvalue weighted by atomic mass is 16.5. The summed E-state index contributed by atoms with van der Waals surface area (Å²) in [5, 5.41) is 0. The molecule has 1 rings (SSSR count). The molecule has 0 saturated heterocycles. The Hall–Kier alpha value is -0.410. The van der Waals surface area contributed by atoms with E-state index in [-0.39, 0.29) is 11.8 Å². The van der Waals surface area contributed by atoms with Crippen LogP contribution in [0.2, 0.25) is 0 Å². The number of nitrogens with two attached hydrogens (primary N) is 1. The van der Waals surface area contributed by atoms with Crippen molar-refractivity contribution in [3.63, 3.8) is 0 Å². The van der Waals surface area contributed by atoms with Gasteiger partial charge in [-0.25, -0.2) is 0 Å². The summed E-state index contributed by atoms with van der Waals surface area (Å²) in [6.07, 6.45) is 3.76. The molecule has 1 unspecified atom stereocenters. The van der Waals surface area contributed by atoms with Crippen molar-refractivity contribution >= 4 is 5.78 Å². The van der Waals surface area contributed by atoms with Crippen LogP contribution >= 0.6 is 0 Å². The minimum absolute atomic E-state index is 0.243. The average molecular weight is 171 g/mol. The highest BCUT2D eigenvalue weighted by Gasteiger charge is 2.32. The first-order chi connectivity index (χ1) is 5.75. The topological polar surface area (TPSA) is 52.3 Å². The number of carbonyl (C=O) groups excluding carboxylic acids is 1. The van der Waals surface area contributed by atoms with Gasteiger partial charge in [0, 0.05) is 19.6 Å². The van der Waals surface area contributed by atoms with Gasteiger partial charge in [-0.05, 0) is 25.7 Å². The average Bonchev–Trinajstić information content (AvgIpc) is 2.86. The Morgan fingerprint density at radius 1 is 1.67 bits per heavy atom. The Balaban J connectivity index is 2.09. The van der Waals surface area contributed by atoms with E-state index in [1.165, 1.54) is 0 Å². The Kier molecular flexibility index (Phi) is 3.69. The molecule has 0 aromatic heterocycles. The molecule has 70 valence electrons. The molecule has 0 radical (unpaired) electrons. The standard InChI is InChI=1S/C9H17NO2/c1-12-6-2-3-8(10)9(11)7-4-5-7/h7-8H,2-6,10H2,1H3. The fourth-order valence-electron chi connectivity index (χ4n) is 1.26. The smallest absolute Gasteiger partial charge is 0.152 e. The van der Waals surface area contributed by atoms with Gasteiger partial charge in [0.15, 0.2) is 5.78 Å². The summed E-state index contributed by atoms with van der Waals surface area (Å²) in [7, 11) is 1.66. The first-order valence-corrected chi connectivity index (χ1v) is 4.54. The second-order valence-corrected chi connectivity index (χ2v) is 3.42. The van der Waals surface area contributed by atoms with Crippen molar-refractivity contribution in [2.75, 3.05) is 13.7 Å². The highest BCUT2D eigenvalue weighted by Crippen LogP contribution is 2.31. The van der Waals surface area contributed by atoms with Crippen molar-refractivity contribution in [1.29, 1.82) is 0 Å². The molecule has 12 heavy (non-hydrogen) atoms. The van der Waals surface area contributed by atoms with Gasteiger partial charge in [0.25, 0.3) is 0 Å². The number of Topliss-reactive ketones (excluding diaryl/α,β-unsaturated/α-hetero) is 1. The van der Waals surface area contributed by atoms with Crippen molar-refractivity contribution in [2.24, 2.45) is 11.7 Å². The lowest BCUT2D eigenvalue weighted by atomic mass is 10.0. The third-order valence-electron chi connectivity index (χ3n) is 2.21. The lowest BCUT2D eigenvalue weighted by Gasteiger charge is -2.08. The van der Waals surface area contributed by atoms with Gasteiger partial charge in [-0.1, -0.05) is 0 Å². The van der Waals surface area contributed by atoms with E-state index in [0.29, 0.717) is 12.5 Å². The van der Waals surface area contributed by atoms with Gasteiger partial charge in [0.2, 0.25) is 0 Å². The minimum Gasteiger partial charge on any atom is -0.385 e. The number of ether oxygens (including phenoxy) is 1. The summed E-state index contributed by atoms with van der Waals surface area (Å²) in [5.41, 5.74) is 5.69. The molecule has 0 aromatic carbocycles. The number of hydrogen-bond donors (Lipinski definition) is 1. The summed E-state index contributed by atoms with van der Waals surface area (Å²) >= 11 is 0. The molecule has 1 atom stereocenters. The predicted octanol–water partition coefficient (Wildman–Crippen LogP) is 0.719. The van der Waals surface area contributed by atoms with Gasteiger partial charge in [-0.15, -0.1) is 0 Å². The quantitative estimate of drug-likeness (QED) is 0.599. The van der Waals surface area contributed by atoms with Gasteiger partial charge in [-0.3, -0.25) is 4.79 Å². The Labute approximate surface area is 73.3 Å². The third-order valence-corrected chi connectivity index (χ3v) is 2.21. The summed E-state index contributed by atoms with van der Waals surface area (Å²) in [5.74, 6) is 0.550. The van der Waals surface area contributed by atoms with Crippen LogP contribution in [0.15, 0.2) is 0 Å². The molecule has 0 heterocycles. The summed E-state index contributed by atoms with van der Waals surface area (Å²) in [4.78, 5) is 11.3. The van der Waals surface area contributed by atoms with Crippen molar-refractivity contribution in [2.45, 2.75) is 31.7 Å². The molecular weight excluding hydrogens is 154 g/mol. The van der Waals surface area contributed by atoms with E-state index < -0.39 is 0 Å². The monoisotopic (exact) mass is 171 g/mol. The van der Waals surface area contributed by atoms with Crippen LogP contribution in [0.3, 0.4) is 0 Å². The fraction of sp³-hybridized carbons (Fsp3) is 0.889. The van der Waals surface area contributed by atoms with E-state index in [9.17, 15) is 4.79 Å². The van der Waals surface area contributed by atoms with Crippen LogP contribution in [0.1, 0.15) is 25.7 Å². The molecule has 2 N–H and O–H groups in total.